The maximum absolute atomic E-state index is 12.0. The number of carbonyl (C=O) groups is 2. The molecule has 0 fully saturated rings. The van der Waals surface area contributed by atoms with Crippen LogP contribution in [-0.2, 0) is 5.41 Å². The van der Waals surface area contributed by atoms with E-state index < -0.39 is 5.41 Å². The van der Waals surface area contributed by atoms with E-state index >= 15 is 0 Å². The molecule has 0 saturated carbocycles. The standard InChI is InChI=1S/C14H18N2O4/c1-14(6-17)7-20-11-9(13(19)16-3)4-8(5-10(11)14)12(18)15-2/h4-5,17H,6-7H2,1-3H3,(H,15,18)(H,16,19)/t14-/m0/s1. The second-order valence-corrected chi connectivity index (χ2v) is 5.07. The van der Waals surface area contributed by atoms with Gasteiger partial charge >= 0.3 is 0 Å². The highest BCUT2D eigenvalue weighted by atomic mass is 16.5. The van der Waals surface area contributed by atoms with Gasteiger partial charge in [-0.1, -0.05) is 0 Å². The number of ether oxygens (including phenoxy) is 1. The van der Waals surface area contributed by atoms with E-state index in [-0.39, 0.29) is 25.0 Å². The summed E-state index contributed by atoms with van der Waals surface area (Å²) in [4.78, 5) is 23.8. The van der Waals surface area contributed by atoms with E-state index in [9.17, 15) is 14.7 Å². The number of fused-ring (bicyclic) bond motifs is 1. The van der Waals surface area contributed by atoms with Gasteiger partial charge in [0.25, 0.3) is 11.8 Å². The molecule has 1 aliphatic heterocycles. The Kier molecular flexibility index (Phi) is 3.67. The molecule has 1 heterocycles. The van der Waals surface area contributed by atoms with Crippen LogP contribution >= 0.6 is 0 Å². The third-order valence-corrected chi connectivity index (χ3v) is 3.58. The van der Waals surface area contributed by atoms with Crippen molar-refractivity contribution in [3.8, 4) is 5.75 Å². The third kappa shape index (κ3) is 2.12. The Bertz CT molecular complexity index is 571. The van der Waals surface area contributed by atoms with Crippen LogP contribution in [0, 0.1) is 0 Å². The number of aliphatic hydroxyl groups is 1. The van der Waals surface area contributed by atoms with Crippen molar-refractivity contribution in [2.45, 2.75) is 12.3 Å². The Morgan fingerprint density at radius 2 is 1.95 bits per heavy atom. The Hall–Kier alpha value is -2.08. The Morgan fingerprint density at radius 1 is 1.30 bits per heavy atom. The minimum absolute atomic E-state index is 0.121. The maximum Gasteiger partial charge on any atom is 0.254 e. The van der Waals surface area contributed by atoms with Crippen LogP contribution in [0.5, 0.6) is 5.75 Å². The minimum Gasteiger partial charge on any atom is -0.491 e. The molecule has 0 spiro atoms. The number of hydrogen-bond acceptors (Lipinski definition) is 4. The van der Waals surface area contributed by atoms with Crippen molar-refractivity contribution in [1.29, 1.82) is 0 Å². The van der Waals surface area contributed by atoms with Crippen molar-refractivity contribution in [2.75, 3.05) is 27.3 Å². The van der Waals surface area contributed by atoms with Crippen LogP contribution in [0.4, 0.5) is 0 Å². The zero-order valence-electron chi connectivity index (χ0n) is 11.7. The van der Waals surface area contributed by atoms with Crippen LogP contribution in [0.2, 0.25) is 0 Å². The summed E-state index contributed by atoms with van der Waals surface area (Å²) in [5, 5.41) is 14.6. The van der Waals surface area contributed by atoms with Crippen LogP contribution < -0.4 is 15.4 Å². The topological polar surface area (TPSA) is 87.7 Å². The van der Waals surface area contributed by atoms with E-state index in [1.807, 2.05) is 6.92 Å². The summed E-state index contributed by atoms with van der Waals surface area (Å²) >= 11 is 0. The monoisotopic (exact) mass is 278 g/mol. The van der Waals surface area contributed by atoms with E-state index in [1.165, 1.54) is 20.2 Å². The SMILES string of the molecule is CNC(=O)c1cc(C(=O)NC)c2c(c1)[C@@](C)(CO)CO2. The van der Waals surface area contributed by atoms with E-state index in [4.69, 9.17) is 4.74 Å². The first-order valence-electron chi connectivity index (χ1n) is 6.33. The largest absolute Gasteiger partial charge is 0.491 e. The number of carbonyl (C=O) groups excluding carboxylic acids is 2. The van der Waals surface area contributed by atoms with Gasteiger partial charge in [-0.25, -0.2) is 0 Å². The highest BCUT2D eigenvalue weighted by Gasteiger charge is 2.39. The van der Waals surface area contributed by atoms with Gasteiger partial charge in [0.2, 0.25) is 0 Å². The zero-order chi connectivity index (χ0) is 14.9. The predicted octanol–water partition coefficient (Wildman–Crippen LogP) is 0.0482. The molecule has 0 unspecified atom stereocenters. The molecular formula is C14H18N2O4. The molecule has 108 valence electrons. The van der Waals surface area contributed by atoms with Crippen molar-refractivity contribution in [2.24, 2.45) is 0 Å². The van der Waals surface area contributed by atoms with Gasteiger partial charge in [-0.3, -0.25) is 9.59 Å². The van der Waals surface area contributed by atoms with Crippen LogP contribution in [0.25, 0.3) is 0 Å². The summed E-state index contributed by atoms with van der Waals surface area (Å²) in [6, 6.07) is 3.17. The van der Waals surface area contributed by atoms with Crippen molar-refractivity contribution in [1.82, 2.24) is 10.6 Å². The van der Waals surface area contributed by atoms with Crippen molar-refractivity contribution >= 4 is 11.8 Å². The summed E-state index contributed by atoms with van der Waals surface area (Å²) in [6.07, 6.45) is 0. The lowest BCUT2D eigenvalue weighted by Gasteiger charge is -2.19. The van der Waals surface area contributed by atoms with Gasteiger partial charge in [0.05, 0.1) is 24.2 Å². The fraction of sp³-hybridized carbons (Fsp3) is 0.429. The van der Waals surface area contributed by atoms with E-state index in [0.717, 1.165) is 0 Å². The number of hydrogen-bond donors (Lipinski definition) is 3. The molecule has 1 aliphatic rings. The molecule has 0 bridgehead atoms. The highest BCUT2D eigenvalue weighted by Crippen LogP contribution is 2.41. The zero-order valence-corrected chi connectivity index (χ0v) is 11.7. The molecule has 6 heteroatoms. The highest BCUT2D eigenvalue weighted by molar-refractivity contribution is 6.02. The molecule has 0 saturated heterocycles. The van der Waals surface area contributed by atoms with Gasteiger partial charge in [0.15, 0.2) is 0 Å². The van der Waals surface area contributed by atoms with Gasteiger partial charge in [0, 0.05) is 25.2 Å². The molecule has 6 nitrogen and oxygen atoms in total. The van der Waals surface area contributed by atoms with Gasteiger partial charge in [0.1, 0.15) is 5.75 Å². The molecule has 0 radical (unpaired) electrons. The molecule has 20 heavy (non-hydrogen) atoms. The average Bonchev–Trinajstić information content (AvgIpc) is 2.83. The van der Waals surface area contributed by atoms with E-state index in [2.05, 4.69) is 10.6 Å². The molecule has 2 amide bonds. The number of benzene rings is 1. The van der Waals surface area contributed by atoms with Crippen LogP contribution in [-0.4, -0.2) is 44.2 Å². The average molecular weight is 278 g/mol. The van der Waals surface area contributed by atoms with E-state index in [0.29, 0.717) is 22.4 Å². The Labute approximate surface area is 117 Å². The summed E-state index contributed by atoms with van der Waals surface area (Å²) in [5.41, 5.74) is 0.748. The third-order valence-electron chi connectivity index (χ3n) is 3.58. The minimum atomic E-state index is -0.609. The van der Waals surface area contributed by atoms with Crippen LogP contribution in [0.3, 0.4) is 0 Å². The van der Waals surface area contributed by atoms with Crippen molar-refractivity contribution in [3.63, 3.8) is 0 Å². The first-order valence-corrected chi connectivity index (χ1v) is 6.33. The van der Waals surface area contributed by atoms with E-state index in [1.54, 1.807) is 6.07 Å². The quantitative estimate of drug-likeness (QED) is 0.729. The molecule has 0 aromatic heterocycles. The molecule has 1 atom stereocenters. The lowest BCUT2D eigenvalue weighted by atomic mass is 9.83. The van der Waals surface area contributed by atoms with Crippen LogP contribution in [0.15, 0.2) is 12.1 Å². The van der Waals surface area contributed by atoms with Gasteiger partial charge in [-0.15, -0.1) is 0 Å². The summed E-state index contributed by atoms with van der Waals surface area (Å²) in [6.45, 7) is 1.99. The number of aliphatic hydroxyl groups excluding tert-OH is 1. The smallest absolute Gasteiger partial charge is 0.254 e. The fourth-order valence-electron chi connectivity index (χ4n) is 2.25. The van der Waals surface area contributed by atoms with Gasteiger partial charge in [-0.05, 0) is 19.1 Å². The molecular weight excluding hydrogens is 260 g/mol. The number of rotatable bonds is 3. The molecule has 0 aliphatic carbocycles. The van der Waals surface area contributed by atoms with Gasteiger partial charge < -0.3 is 20.5 Å². The normalized spacial score (nSPS) is 20.0. The van der Waals surface area contributed by atoms with Gasteiger partial charge in [-0.2, -0.15) is 0 Å². The summed E-state index contributed by atoms with van der Waals surface area (Å²) < 4.78 is 5.57. The van der Waals surface area contributed by atoms with Crippen molar-refractivity contribution in [3.05, 3.63) is 28.8 Å². The lowest BCUT2D eigenvalue weighted by molar-refractivity contribution is 0.0959. The number of nitrogens with one attached hydrogen (secondary N) is 2. The summed E-state index contributed by atoms with van der Waals surface area (Å²) in [7, 11) is 3.04. The summed E-state index contributed by atoms with van der Waals surface area (Å²) in [5.74, 6) is -0.173. The maximum atomic E-state index is 12.0. The predicted molar refractivity (Wildman–Crippen MR) is 73.2 cm³/mol. The van der Waals surface area contributed by atoms with Crippen LogP contribution in [0.1, 0.15) is 33.2 Å². The Morgan fingerprint density at radius 3 is 2.50 bits per heavy atom. The molecule has 2 rings (SSSR count). The second-order valence-electron chi connectivity index (χ2n) is 5.07. The fourth-order valence-corrected chi connectivity index (χ4v) is 2.25. The second kappa shape index (κ2) is 5.13. The molecule has 1 aromatic rings. The molecule has 1 aromatic carbocycles. The van der Waals surface area contributed by atoms with Crippen molar-refractivity contribution < 1.29 is 19.4 Å². The lowest BCUT2D eigenvalue weighted by Crippen LogP contribution is -2.29. The molecule has 3 N–H and O–H groups in total. The number of amides is 2. The Balaban J connectivity index is 2.65. The first kappa shape index (κ1) is 14.3. The first-order chi connectivity index (χ1) is 9.46.